The van der Waals surface area contributed by atoms with Crippen LogP contribution in [0, 0.1) is 13.8 Å². The van der Waals surface area contributed by atoms with Gasteiger partial charge in [0.15, 0.2) is 0 Å². The summed E-state index contributed by atoms with van der Waals surface area (Å²) in [4.78, 5) is 40.9. The van der Waals surface area contributed by atoms with Gasteiger partial charge in [0.2, 0.25) is 5.78 Å². The molecule has 0 fully saturated rings. The molecule has 3 aromatic carbocycles. The molecule has 0 radical (unpaired) electrons. The number of esters is 1. The highest BCUT2D eigenvalue weighted by Gasteiger charge is 2.32. The number of ketones is 1. The fraction of sp³-hybridized carbons (Fsp3) is 0.206. The first kappa shape index (κ1) is 27.6. The second-order valence-corrected chi connectivity index (χ2v) is 11.0. The maximum atomic E-state index is 14.2. The third-order valence-electron chi connectivity index (χ3n) is 6.82. The zero-order chi connectivity index (χ0) is 29.5. The zero-order valence-electron chi connectivity index (χ0n) is 24.0. The van der Waals surface area contributed by atoms with Gasteiger partial charge in [-0.25, -0.2) is 9.59 Å². The Balaban J connectivity index is 1.92. The number of aryl methyl sites for hydroxylation is 2. The summed E-state index contributed by atoms with van der Waals surface area (Å²) in [6.07, 6.45) is -0.625. The van der Waals surface area contributed by atoms with Crippen molar-refractivity contribution in [3.8, 4) is 11.1 Å². The number of carbonyl (C=O) groups excluding carboxylic acids is 3. The van der Waals surface area contributed by atoms with Crippen LogP contribution in [0.1, 0.15) is 58.3 Å². The standard InChI is InChI=1S/C34H32N2O5/c1-20-18-21(2)29(35-33(39)41-34(3,4)5)24(19-20)27-26-17-16-22-12-10-11-15-25(22)36(26)30(28(27)32(38)40-6)31(37)23-13-8-7-9-14-23/h7-19H,1-6H3,(H,35,39). The van der Waals surface area contributed by atoms with Crippen LogP contribution in [0.4, 0.5) is 10.5 Å². The second-order valence-electron chi connectivity index (χ2n) is 11.0. The van der Waals surface area contributed by atoms with Gasteiger partial charge in [0.1, 0.15) is 11.3 Å². The molecule has 7 nitrogen and oxygen atoms in total. The molecule has 5 rings (SSSR count). The van der Waals surface area contributed by atoms with Crippen LogP contribution >= 0.6 is 0 Å². The number of anilines is 1. The van der Waals surface area contributed by atoms with Crippen molar-refractivity contribution in [2.24, 2.45) is 0 Å². The predicted molar refractivity (Wildman–Crippen MR) is 161 cm³/mol. The van der Waals surface area contributed by atoms with Gasteiger partial charge in [0.05, 0.1) is 29.4 Å². The molecule has 7 heteroatoms. The molecule has 0 atom stereocenters. The largest absolute Gasteiger partial charge is 0.465 e. The molecule has 0 unspecified atom stereocenters. The van der Waals surface area contributed by atoms with Crippen LogP contribution in [-0.4, -0.2) is 35.0 Å². The molecule has 0 aliphatic heterocycles. The maximum absolute atomic E-state index is 14.2. The lowest BCUT2D eigenvalue weighted by Crippen LogP contribution is -2.27. The molecule has 0 aliphatic rings. The number of ether oxygens (including phenoxy) is 2. The summed E-state index contributed by atoms with van der Waals surface area (Å²) >= 11 is 0. The Labute approximate surface area is 238 Å². The number of methoxy groups -OCH3 is 1. The van der Waals surface area contributed by atoms with Crippen molar-refractivity contribution in [1.29, 1.82) is 0 Å². The number of amides is 1. The molecular weight excluding hydrogens is 516 g/mol. The Morgan fingerprint density at radius 3 is 2.20 bits per heavy atom. The van der Waals surface area contributed by atoms with Gasteiger partial charge in [0, 0.05) is 16.7 Å². The highest BCUT2D eigenvalue weighted by Crippen LogP contribution is 2.42. The van der Waals surface area contributed by atoms with Crippen LogP contribution in [0.3, 0.4) is 0 Å². The molecule has 0 saturated heterocycles. The number of nitrogens with one attached hydrogen (secondary N) is 1. The molecule has 0 saturated carbocycles. The molecule has 5 aromatic rings. The van der Waals surface area contributed by atoms with Gasteiger partial charge in [0.25, 0.3) is 0 Å². The predicted octanol–water partition coefficient (Wildman–Crippen LogP) is 7.74. The second kappa shape index (κ2) is 10.6. The van der Waals surface area contributed by atoms with E-state index < -0.39 is 17.7 Å². The first-order valence-electron chi connectivity index (χ1n) is 13.4. The Morgan fingerprint density at radius 1 is 0.829 bits per heavy atom. The average molecular weight is 549 g/mol. The van der Waals surface area contributed by atoms with E-state index in [0.717, 1.165) is 22.0 Å². The zero-order valence-corrected chi connectivity index (χ0v) is 24.0. The van der Waals surface area contributed by atoms with Crippen LogP contribution in [0.15, 0.2) is 78.9 Å². The van der Waals surface area contributed by atoms with E-state index in [2.05, 4.69) is 5.32 Å². The van der Waals surface area contributed by atoms with Crippen LogP contribution in [-0.2, 0) is 9.47 Å². The van der Waals surface area contributed by atoms with E-state index in [-0.39, 0.29) is 17.0 Å². The molecule has 0 bridgehead atoms. The minimum absolute atomic E-state index is 0.120. The summed E-state index contributed by atoms with van der Waals surface area (Å²) in [5.41, 5.74) is 4.65. The topological polar surface area (TPSA) is 86.1 Å². The van der Waals surface area contributed by atoms with E-state index in [1.165, 1.54) is 7.11 Å². The normalized spacial score (nSPS) is 11.5. The molecule has 1 N–H and O–H groups in total. The smallest absolute Gasteiger partial charge is 0.412 e. The van der Waals surface area contributed by atoms with Crippen molar-refractivity contribution in [1.82, 2.24) is 4.40 Å². The van der Waals surface area contributed by atoms with Crippen molar-refractivity contribution >= 4 is 40.0 Å². The first-order chi connectivity index (χ1) is 19.5. The van der Waals surface area contributed by atoms with Gasteiger partial charge in [-0.15, -0.1) is 0 Å². The van der Waals surface area contributed by atoms with Gasteiger partial charge in [-0.1, -0.05) is 66.2 Å². The van der Waals surface area contributed by atoms with E-state index in [1.807, 2.05) is 72.8 Å². The van der Waals surface area contributed by atoms with Crippen molar-refractivity contribution < 1.29 is 23.9 Å². The summed E-state index contributed by atoms with van der Waals surface area (Å²) in [7, 11) is 1.30. The number of aromatic nitrogens is 1. The molecule has 2 aromatic heterocycles. The molecule has 208 valence electrons. The third kappa shape index (κ3) is 5.18. The Hall–Kier alpha value is -4.91. The monoisotopic (exact) mass is 548 g/mol. The van der Waals surface area contributed by atoms with Crippen LogP contribution in [0.25, 0.3) is 27.5 Å². The Bertz CT molecular complexity index is 1830. The summed E-state index contributed by atoms with van der Waals surface area (Å²) in [6.45, 7) is 9.19. The fourth-order valence-corrected chi connectivity index (χ4v) is 5.25. The summed E-state index contributed by atoms with van der Waals surface area (Å²) < 4.78 is 12.7. The van der Waals surface area contributed by atoms with Crippen LogP contribution in [0.5, 0.6) is 0 Å². The molecule has 2 heterocycles. The minimum Gasteiger partial charge on any atom is -0.465 e. The number of hydrogen-bond acceptors (Lipinski definition) is 5. The van der Waals surface area contributed by atoms with E-state index in [4.69, 9.17) is 9.47 Å². The maximum Gasteiger partial charge on any atom is 0.412 e. The molecule has 1 amide bonds. The Morgan fingerprint density at radius 2 is 1.51 bits per heavy atom. The van der Waals surface area contributed by atoms with Crippen molar-refractivity contribution in [2.75, 3.05) is 12.4 Å². The summed E-state index contributed by atoms with van der Waals surface area (Å²) in [5, 5.41) is 3.81. The van der Waals surface area contributed by atoms with Gasteiger partial charge in [-0.2, -0.15) is 0 Å². The number of para-hydroxylation sites is 1. The number of hydrogen-bond donors (Lipinski definition) is 1. The van der Waals surface area contributed by atoms with Gasteiger partial charge >= 0.3 is 12.1 Å². The van der Waals surface area contributed by atoms with Gasteiger partial charge < -0.3 is 13.9 Å². The number of nitrogens with zero attached hydrogens (tertiary/aromatic N) is 1. The van der Waals surface area contributed by atoms with Crippen molar-refractivity contribution in [3.05, 3.63) is 107 Å². The van der Waals surface area contributed by atoms with Crippen LogP contribution in [0.2, 0.25) is 0 Å². The average Bonchev–Trinajstić information content (AvgIpc) is 3.28. The quantitative estimate of drug-likeness (QED) is 0.179. The molecule has 41 heavy (non-hydrogen) atoms. The van der Waals surface area contributed by atoms with E-state index in [1.54, 1.807) is 45.0 Å². The van der Waals surface area contributed by atoms with Crippen molar-refractivity contribution in [3.63, 3.8) is 0 Å². The van der Waals surface area contributed by atoms with Crippen LogP contribution < -0.4 is 5.32 Å². The highest BCUT2D eigenvalue weighted by molar-refractivity contribution is 6.20. The lowest BCUT2D eigenvalue weighted by Gasteiger charge is -2.22. The number of benzene rings is 3. The third-order valence-corrected chi connectivity index (χ3v) is 6.82. The molecule has 0 aliphatic carbocycles. The van der Waals surface area contributed by atoms with E-state index in [9.17, 15) is 14.4 Å². The van der Waals surface area contributed by atoms with E-state index in [0.29, 0.717) is 27.9 Å². The molecule has 0 spiro atoms. The number of fused-ring (bicyclic) bond motifs is 3. The lowest BCUT2D eigenvalue weighted by molar-refractivity contribution is 0.0596. The first-order valence-corrected chi connectivity index (χ1v) is 13.4. The summed E-state index contributed by atoms with van der Waals surface area (Å²) in [6, 6.07) is 24.2. The number of pyridine rings is 1. The highest BCUT2D eigenvalue weighted by atomic mass is 16.6. The van der Waals surface area contributed by atoms with E-state index >= 15 is 0 Å². The van der Waals surface area contributed by atoms with Gasteiger partial charge in [-0.05, 0) is 63.8 Å². The minimum atomic E-state index is -0.711. The van der Waals surface area contributed by atoms with Crippen molar-refractivity contribution in [2.45, 2.75) is 40.2 Å². The number of rotatable bonds is 5. The molecular formula is C34H32N2O5. The Kier molecular flexibility index (Phi) is 7.13. The number of carbonyl (C=O) groups is 3. The summed E-state index contributed by atoms with van der Waals surface area (Å²) in [5.74, 6) is -0.982. The SMILES string of the molecule is COC(=O)c1c(-c2cc(C)cc(C)c2NC(=O)OC(C)(C)C)c2ccc3ccccc3n2c1C(=O)c1ccccc1. The lowest BCUT2D eigenvalue weighted by atomic mass is 9.93. The van der Waals surface area contributed by atoms with Gasteiger partial charge in [-0.3, -0.25) is 10.1 Å². The fourth-order valence-electron chi connectivity index (χ4n) is 5.25.